The van der Waals surface area contributed by atoms with E-state index in [1.54, 1.807) is 46.3 Å². The summed E-state index contributed by atoms with van der Waals surface area (Å²) in [6, 6.07) is 56.1. The van der Waals surface area contributed by atoms with Crippen LogP contribution in [0.3, 0.4) is 0 Å². The van der Waals surface area contributed by atoms with E-state index in [1.165, 1.54) is 14.2 Å². The van der Waals surface area contributed by atoms with Gasteiger partial charge in [-0.1, -0.05) is 87.6 Å². The number of nitrogens with zero attached hydrogens (tertiary/aromatic N) is 9. The zero-order valence-corrected chi connectivity index (χ0v) is 67.7. The second-order valence-electron chi connectivity index (χ2n) is 31.2. The number of hydrogen-bond acceptors (Lipinski definition) is 21. The van der Waals surface area contributed by atoms with E-state index in [9.17, 15) is 38.4 Å². The SMILES string of the molecule is C.C.COc1cc2c(cc1OCc1cc(COc3cc4c(cc3C)C(=O)N3c5ccccc5C[C@H]3C=N4)cc(OCCCC(=O)O)c1)N=C[C@@H]1Cc3ccccc3N1C2=O.COc1cc2c(cc1OCc1cc(COc3cc4c(cc3C)C(=O)N3c5ccccc5C[C@H]3C=N4)cc(OCCCC(=O)ON3C(=O)CCC3=O)c1)N=C[C@@H]1Cc3ccccc3N1C2=O. The highest BCUT2D eigenvalue weighted by Gasteiger charge is 2.42. The molecule has 10 aromatic carbocycles. The molecule has 27 nitrogen and oxygen atoms in total. The van der Waals surface area contributed by atoms with Crippen LogP contribution in [0.25, 0.3) is 0 Å². The lowest BCUT2D eigenvalue weighted by Gasteiger charge is -2.22. The van der Waals surface area contributed by atoms with Crippen molar-refractivity contribution >= 4 is 118 Å². The quantitative estimate of drug-likeness (QED) is 0.0410. The van der Waals surface area contributed by atoms with Crippen molar-refractivity contribution in [2.75, 3.05) is 47.0 Å². The molecule has 125 heavy (non-hydrogen) atoms. The maximum atomic E-state index is 14.0. The molecule has 0 bridgehead atoms. The summed E-state index contributed by atoms with van der Waals surface area (Å²) in [6.07, 6.45) is 10.6. The molecule has 9 aliphatic heterocycles. The number of ether oxygens (including phenoxy) is 8. The summed E-state index contributed by atoms with van der Waals surface area (Å²) in [5, 5.41) is 9.66. The number of carbonyl (C=O) groups is 8. The molecule has 0 aliphatic carbocycles. The number of carbonyl (C=O) groups excluding carboxylic acids is 7. The first-order chi connectivity index (χ1) is 59.8. The van der Waals surface area contributed by atoms with Crippen molar-refractivity contribution < 1.29 is 86.2 Å². The lowest BCUT2D eigenvalue weighted by Crippen LogP contribution is -2.37. The molecule has 6 amide bonds. The molecule has 9 heterocycles. The van der Waals surface area contributed by atoms with Crippen molar-refractivity contribution in [2.24, 2.45) is 20.0 Å². The molecule has 19 rings (SSSR count). The number of anilines is 4. The fourth-order valence-corrected chi connectivity index (χ4v) is 17.0. The van der Waals surface area contributed by atoms with E-state index in [0.717, 1.165) is 78.4 Å². The molecule has 0 radical (unpaired) electrons. The van der Waals surface area contributed by atoms with Gasteiger partial charge >= 0.3 is 11.9 Å². The number of rotatable bonds is 25. The molecule has 1 saturated heterocycles. The van der Waals surface area contributed by atoms with Gasteiger partial charge < -0.3 is 47.8 Å². The van der Waals surface area contributed by atoms with Gasteiger partial charge in [-0.25, -0.2) is 4.79 Å². The highest BCUT2D eigenvalue weighted by molar-refractivity contribution is 6.18. The zero-order chi connectivity index (χ0) is 84.7. The van der Waals surface area contributed by atoms with Gasteiger partial charge in [0.2, 0.25) is 0 Å². The molecule has 0 aromatic heterocycles. The van der Waals surface area contributed by atoms with Crippen molar-refractivity contribution in [1.29, 1.82) is 0 Å². The summed E-state index contributed by atoms with van der Waals surface area (Å²) in [6.45, 7) is 4.59. The smallest absolute Gasteiger partial charge is 0.333 e. The predicted octanol–water partition coefficient (Wildman–Crippen LogP) is 16.8. The topological polar surface area (TPSA) is 305 Å². The number of carboxylic acid groups (broad SMARTS) is 1. The summed E-state index contributed by atoms with van der Waals surface area (Å²) in [4.78, 5) is 134. The largest absolute Gasteiger partial charge is 0.494 e. The molecule has 1 N–H and O–H groups in total. The van der Waals surface area contributed by atoms with Gasteiger partial charge in [-0.2, -0.15) is 0 Å². The summed E-state index contributed by atoms with van der Waals surface area (Å²) < 4.78 is 49.1. The van der Waals surface area contributed by atoms with E-state index >= 15 is 0 Å². The Hall–Kier alpha value is -14.8. The van der Waals surface area contributed by atoms with Gasteiger partial charge in [0.1, 0.15) is 49.4 Å². The summed E-state index contributed by atoms with van der Waals surface area (Å²) in [5.41, 5.74) is 16.4. The average Bonchev–Trinajstić information content (AvgIpc) is 1.63. The average molecular weight is 1680 g/mol. The van der Waals surface area contributed by atoms with Crippen molar-refractivity contribution in [1.82, 2.24) is 5.06 Å². The van der Waals surface area contributed by atoms with Crippen LogP contribution in [0.1, 0.15) is 150 Å². The number of hydrogen-bond donors (Lipinski definition) is 1. The minimum atomic E-state index is -0.891. The molecule has 0 unspecified atom stereocenters. The Kier molecular flexibility index (Phi) is 24.0. The van der Waals surface area contributed by atoms with E-state index in [4.69, 9.17) is 67.8 Å². The van der Waals surface area contributed by atoms with Gasteiger partial charge in [0.05, 0.1) is 103 Å². The fourth-order valence-electron chi connectivity index (χ4n) is 17.0. The predicted molar refractivity (Wildman–Crippen MR) is 472 cm³/mol. The van der Waals surface area contributed by atoms with Crippen LogP contribution < -0.4 is 57.5 Å². The molecular weight excluding hydrogens is 1590 g/mol. The Morgan fingerprint density at radius 1 is 0.376 bits per heavy atom. The number of fused-ring (bicyclic) bond motifs is 16. The highest BCUT2D eigenvalue weighted by atomic mass is 16.7. The van der Waals surface area contributed by atoms with E-state index in [0.29, 0.717) is 128 Å². The zero-order valence-electron chi connectivity index (χ0n) is 67.7. The number of amides is 6. The standard InChI is InChI=1S/C50H43N5O10.C46H40N4O8.2CH4/c1-29-16-37-39(51-25-34-20-32-8-3-5-10-41(32)53(34)49(37)59)23-43(29)63-27-30-17-31(19-36(18-30)62-15-7-12-48(58)65-55-46(56)13-14-47(55)57)28-64-45-24-40-38(22-44(45)61-2)50(60)54-35(26-52-40)21-33-9-4-6-11-42(33)54;1-27-14-35-37(47-23-32-18-30-8-3-5-10-39(30)49(32)45(35)53)21-41(27)57-25-28-15-29(17-34(16-28)56-13-7-12-44(51)52)26-58-43-22-38-36(20-42(43)55-2)46(54)50-33(24-48-38)19-31-9-4-6-11-40(31)50;;/h3-6,8-11,16-19,22-26,34-35H,7,12-15,20-21,27-28H2,1-2H3;3-6,8-11,14-17,20-24,32-33H,7,12-13,18-19,25-26H2,1-2H3,(H,51,52);2*1H4/t34-,35-;32-,33-;;/m00../s1. The minimum Gasteiger partial charge on any atom is -0.494 e. The maximum absolute atomic E-state index is 14.0. The Balaban J connectivity index is 0.000000183. The van der Waals surface area contributed by atoms with Gasteiger partial charge in [0, 0.05) is 117 Å². The third-order valence-corrected chi connectivity index (χ3v) is 23.0. The van der Waals surface area contributed by atoms with Gasteiger partial charge in [0.15, 0.2) is 23.0 Å². The molecule has 9 aliphatic rings. The number of benzene rings is 10. The number of aryl methyl sites for hydroxylation is 2. The lowest BCUT2D eigenvalue weighted by molar-refractivity contribution is -0.197. The van der Waals surface area contributed by atoms with Crippen molar-refractivity contribution in [2.45, 2.75) is 144 Å². The monoisotopic (exact) mass is 1680 g/mol. The third kappa shape index (κ3) is 17.0. The molecule has 636 valence electrons. The van der Waals surface area contributed by atoms with Crippen molar-refractivity contribution in [3.8, 4) is 46.0 Å². The first-order valence-corrected chi connectivity index (χ1v) is 40.7. The van der Waals surface area contributed by atoms with E-state index < -0.39 is 23.8 Å². The number of carboxylic acids is 1. The number of hydroxylamine groups is 2. The summed E-state index contributed by atoms with van der Waals surface area (Å²) in [5.74, 6) is 0.483. The highest BCUT2D eigenvalue weighted by Crippen LogP contribution is 2.47. The number of aliphatic carboxylic acids is 1. The summed E-state index contributed by atoms with van der Waals surface area (Å²) >= 11 is 0. The summed E-state index contributed by atoms with van der Waals surface area (Å²) in [7, 11) is 3.05. The van der Waals surface area contributed by atoms with Gasteiger partial charge in [-0.15, -0.1) is 5.06 Å². The number of methoxy groups -OCH3 is 2. The van der Waals surface area contributed by atoms with Gasteiger partial charge in [0.25, 0.3) is 35.4 Å². The number of para-hydroxylation sites is 4. The second kappa shape index (κ2) is 35.7. The Bertz CT molecular complexity index is 6140. The van der Waals surface area contributed by atoms with Crippen LogP contribution in [0, 0.1) is 13.8 Å². The van der Waals surface area contributed by atoms with Crippen LogP contribution in [-0.2, 0) is 76.1 Å². The van der Waals surface area contributed by atoms with E-state index in [2.05, 4.69) is 0 Å². The normalized spacial score (nSPS) is 17.1. The lowest BCUT2D eigenvalue weighted by atomic mass is 10.1. The Morgan fingerprint density at radius 3 is 1.01 bits per heavy atom. The molecule has 27 heteroatoms. The van der Waals surface area contributed by atoms with Crippen LogP contribution in [-0.4, -0.2) is 134 Å². The van der Waals surface area contributed by atoms with Crippen molar-refractivity contribution in [3.05, 3.63) is 260 Å². The Morgan fingerprint density at radius 2 is 0.680 bits per heavy atom. The Labute approximate surface area is 721 Å². The molecule has 1 fully saturated rings. The number of imide groups is 1. The van der Waals surface area contributed by atoms with E-state index in [-0.39, 0.29) is 134 Å². The van der Waals surface area contributed by atoms with E-state index in [1.807, 2.05) is 194 Å². The van der Waals surface area contributed by atoms with Crippen LogP contribution in [0.5, 0.6) is 46.0 Å². The first kappa shape index (κ1) is 83.9. The molecule has 0 saturated carbocycles. The molecular formula is C98H91N9O18. The third-order valence-electron chi connectivity index (χ3n) is 23.0. The molecule has 0 spiro atoms. The first-order valence-electron chi connectivity index (χ1n) is 40.7. The van der Waals surface area contributed by atoms with Crippen LogP contribution in [0.2, 0.25) is 0 Å². The molecule has 4 atom stereocenters. The van der Waals surface area contributed by atoms with Crippen molar-refractivity contribution in [3.63, 3.8) is 0 Å². The maximum Gasteiger partial charge on any atom is 0.333 e. The van der Waals surface area contributed by atoms with Crippen LogP contribution in [0.15, 0.2) is 202 Å². The van der Waals surface area contributed by atoms with Gasteiger partial charge in [-0.3, -0.25) is 73.1 Å². The fraction of sp³-hybridized carbons (Fsp3) is 0.265. The minimum absolute atomic E-state index is 0. The molecule has 10 aromatic rings. The second-order valence-corrected chi connectivity index (χ2v) is 31.2. The van der Waals surface area contributed by atoms with Gasteiger partial charge in [-0.05, 0) is 167 Å². The van der Waals surface area contributed by atoms with Crippen LogP contribution in [0.4, 0.5) is 45.5 Å². The van der Waals surface area contributed by atoms with Crippen LogP contribution >= 0.6 is 0 Å². The number of aliphatic imine (C=N–C) groups is 4.